The molecule has 0 radical (unpaired) electrons. The molecule has 0 bridgehead atoms. The van der Waals surface area contributed by atoms with Gasteiger partial charge < -0.3 is 24.5 Å². The molecule has 2 amide bonds. The van der Waals surface area contributed by atoms with Gasteiger partial charge in [-0.25, -0.2) is 4.79 Å². The second kappa shape index (κ2) is 8.39. The summed E-state index contributed by atoms with van der Waals surface area (Å²) in [5.41, 5.74) is 8.55. The summed E-state index contributed by atoms with van der Waals surface area (Å²) >= 11 is 0. The third kappa shape index (κ3) is 4.02. The van der Waals surface area contributed by atoms with E-state index in [4.69, 9.17) is 15.2 Å². The molecule has 2 aromatic carbocycles. The zero-order valence-corrected chi connectivity index (χ0v) is 17.4. The van der Waals surface area contributed by atoms with Crippen molar-refractivity contribution >= 4 is 28.4 Å². The van der Waals surface area contributed by atoms with Gasteiger partial charge in [0.1, 0.15) is 11.3 Å². The number of carbonyl (C=O) groups excluding carboxylic acids is 2. The summed E-state index contributed by atoms with van der Waals surface area (Å²) in [5.74, 6) is 0.173. The van der Waals surface area contributed by atoms with Crippen LogP contribution < -0.4 is 15.2 Å². The Morgan fingerprint density at radius 3 is 2.45 bits per heavy atom. The lowest BCUT2D eigenvalue weighted by Gasteiger charge is -2.14. The second-order valence-corrected chi connectivity index (χ2v) is 7.36. The van der Waals surface area contributed by atoms with Crippen molar-refractivity contribution in [1.82, 2.24) is 9.30 Å². The summed E-state index contributed by atoms with van der Waals surface area (Å²) in [6.07, 6.45) is 1.83. The fourth-order valence-electron chi connectivity index (χ4n) is 3.53. The first-order chi connectivity index (χ1) is 15.0. The lowest BCUT2D eigenvalue weighted by Crippen LogP contribution is -2.25. The Bertz CT molecular complexity index is 1260. The first-order valence-corrected chi connectivity index (χ1v) is 9.88. The van der Waals surface area contributed by atoms with Gasteiger partial charge in [0.2, 0.25) is 0 Å². The number of hydrogen-bond donors (Lipinski definition) is 1. The highest BCUT2D eigenvalue weighted by Gasteiger charge is 2.21. The van der Waals surface area contributed by atoms with Crippen LogP contribution in [0.3, 0.4) is 0 Å². The highest BCUT2D eigenvalue weighted by molar-refractivity contribution is 6.14. The molecule has 4 aromatic rings. The number of pyridine rings is 1. The summed E-state index contributed by atoms with van der Waals surface area (Å²) in [4.78, 5) is 25.8. The largest absolute Gasteiger partial charge is 0.491 e. The predicted molar refractivity (Wildman–Crippen MR) is 119 cm³/mol. The van der Waals surface area contributed by atoms with Gasteiger partial charge in [0.15, 0.2) is 5.75 Å². The Morgan fingerprint density at radius 2 is 1.74 bits per heavy atom. The van der Waals surface area contributed by atoms with Crippen LogP contribution in [0.4, 0.5) is 4.79 Å². The van der Waals surface area contributed by atoms with Crippen molar-refractivity contribution in [2.75, 3.05) is 20.7 Å². The Morgan fingerprint density at radius 1 is 1.03 bits per heavy atom. The maximum atomic E-state index is 12.4. The van der Waals surface area contributed by atoms with E-state index in [1.165, 1.54) is 4.90 Å². The van der Waals surface area contributed by atoms with Crippen LogP contribution in [0.25, 0.3) is 16.4 Å². The number of para-hydroxylation sites is 1. The monoisotopic (exact) mass is 417 g/mol. The third-order valence-corrected chi connectivity index (χ3v) is 4.98. The van der Waals surface area contributed by atoms with Crippen LogP contribution in [-0.4, -0.2) is 42.0 Å². The first-order valence-electron chi connectivity index (χ1n) is 9.88. The number of rotatable bonds is 6. The lowest BCUT2D eigenvalue weighted by molar-refractivity contribution is 0.100. The highest BCUT2D eigenvalue weighted by Crippen LogP contribution is 2.35. The van der Waals surface area contributed by atoms with Gasteiger partial charge in [-0.3, -0.25) is 4.79 Å². The minimum Gasteiger partial charge on any atom is -0.491 e. The van der Waals surface area contributed by atoms with Crippen LogP contribution >= 0.6 is 0 Å². The molecular weight excluding hydrogens is 394 g/mol. The van der Waals surface area contributed by atoms with E-state index in [2.05, 4.69) is 0 Å². The van der Waals surface area contributed by atoms with Crippen LogP contribution in [0.1, 0.15) is 15.9 Å². The summed E-state index contributed by atoms with van der Waals surface area (Å²) < 4.78 is 13.4. The highest BCUT2D eigenvalue weighted by atomic mass is 16.6. The Balaban J connectivity index is 1.82. The quantitative estimate of drug-likeness (QED) is 0.516. The van der Waals surface area contributed by atoms with E-state index in [1.54, 1.807) is 30.8 Å². The fourth-order valence-corrected chi connectivity index (χ4v) is 3.53. The van der Waals surface area contributed by atoms with Gasteiger partial charge in [-0.1, -0.05) is 48.5 Å². The number of nitrogens with zero attached hydrogens (tertiary/aromatic N) is 2. The maximum Gasteiger partial charge on any atom is 0.414 e. The molecule has 4 rings (SSSR count). The van der Waals surface area contributed by atoms with Gasteiger partial charge in [-0.2, -0.15) is 0 Å². The molecule has 158 valence electrons. The predicted octanol–water partition coefficient (Wildman–Crippen LogP) is 3.87. The zero-order valence-electron chi connectivity index (χ0n) is 17.4. The number of benzene rings is 2. The minimum absolute atomic E-state index is 0.303. The van der Waals surface area contributed by atoms with Crippen molar-refractivity contribution in [3.8, 4) is 11.5 Å². The number of amides is 2. The number of aromatic nitrogens is 1. The van der Waals surface area contributed by atoms with E-state index in [1.807, 2.05) is 54.6 Å². The number of hydrogen-bond acceptors (Lipinski definition) is 4. The normalized spacial score (nSPS) is 10.9. The van der Waals surface area contributed by atoms with Gasteiger partial charge in [-0.15, -0.1) is 0 Å². The van der Waals surface area contributed by atoms with Crippen LogP contribution in [0.15, 0.2) is 66.9 Å². The number of fused-ring (bicyclic) bond motifs is 3. The molecule has 0 saturated heterocycles. The van der Waals surface area contributed by atoms with E-state index in [0.717, 1.165) is 11.1 Å². The van der Waals surface area contributed by atoms with Crippen molar-refractivity contribution in [3.63, 3.8) is 0 Å². The van der Waals surface area contributed by atoms with Crippen LogP contribution in [0.5, 0.6) is 11.5 Å². The van der Waals surface area contributed by atoms with Gasteiger partial charge in [0.05, 0.1) is 23.9 Å². The van der Waals surface area contributed by atoms with Crippen LogP contribution in [-0.2, 0) is 6.42 Å². The molecule has 31 heavy (non-hydrogen) atoms. The Hall–Kier alpha value is -4.00. The van der Waals surface area contributed by atoms with Crippen molar-refractivity contribution in [2.45, 2.75) is 6.42 Å². The summed E-state index contributed by atoms with van der Waals surface area (Å²) in [5, 5.41) is 0.707. The van der Waals surface area contributed by atoms with E-state index in [0.29, 0.717) is 41.0 Å². The fraction of sp³-hybridized carbons (Fsp3) is 0.167. The average molecular weight is 417 g/mol. The average Bonchev–Trinajstić information content (AvgIpc) is 3.09. The summed E-state index contributed by atoms with van der Waals surface area (Å²) in [6.45, 7) is 0.379. The van der Waals surface area contributed by atoms with Crippen molar-refractivity contribution in [3.05, 3.63) is 78.0 Å². The van der Waals surface area contributed by atoms with Crippen molar-refractivity contribution in [1.29, 1.82) is 0 Å². The Kier molecular flexibility index (Phi) is 5.49. The minimum atomic E-state index is -0.551. The molecule has 0 saturated carbocycles. The molecule has 2 heterocycles. The van der Waals surface area contributed by atoms with E-state index in [9.17, 15) is 9.59 Å². The zero-order chi connectivity index (χ0) is 22.0. The van der Waals surface area contributed by atoms with Gasteiger partial charge in [-0.05, 0) is 11.6 Å². The first kappa shape index (κ1) is 20.3. The summed E-state index contributed by atoms with van der Waals surface area (Å²) in [6, 6.07) is 19.0. The number of nitrogens with two attached hydrogens (primary N) is 1. The molecule has 7 nitrogen and oxygen atoms in total. The molecule has 7 heteroatoms. The lowest BCUT2D eigenvalue weighted by atomic mass is 10.1. The molecule has 0 aliphatic heterocycles. The SMILES string of the molecule is CN(C)C(=O)Oc1cc(OCCc2ccccc2)c2c(C(N)=O)c3ccccc3n2c1. The topological polar surface area (TPSA) is 86.3 Å². The molecule has 2 aromatic heterocycles. The molecular formula is C24H23N3O4. The third-order valence-electron chi connectivity index (χ3n) is 4.98. The van der Waals surface area contributed by atoms with Gasteiger partial charge >= 0.3 is 6.09 Å². The van der Waals surface area contributed by atoms with Crippen molar-refractivity contribution in [2.24, 2.45) is 5.73 Å². The standard InChI is InChI=1S/C24H23N3O4/c1-26(2)24(29)31-17-14-20(30-13-12-16-8-4-3-5-9-16)22-21(23(25)28)18-10-6-7-11-19(18)27(22)15-17/h3-11,14-15H,12-13H2,1-2H3,(H2,25,28). The number of ether oxygens (including phenoxy) is 2. The molecule has 0 unspecified atom stereocenters. The number of primary amides is 1. The maximum absolute atomic E-state index is 12.4. The molecule has 0 fully saturated rings. The number of carbonyl (C=O) groups is 2. The van der Waals surface area contributed by atoms with Crippen molar-refractivity contribution < 1.29 is 19.1 Å². The molecule has 0 atom stereocenters. The second-order valence-electron chi connectivity index (χ2n) is 7.36. The smallest absolute Gasteiger partial charge is 0.414 e. The van der Waals surface area contributed by atoms with Gasteiger partial charge in [0, 0.05) is 32.0 Å². The van der Waals surface area contributed by atoms with Crippen LogP contribution in [0.2, 0.25) is 0 Å². The Labute approximate surface area is 179 Å². The van der Waals surface area contributed by atoms with Crippen LogP contribution in [0, 0.1) is 0 Å². The molecule has 0 spiro atoms. The van der Waals surface area contributed by atoms with E-state index in [-0.39, 0.29) is 0 Å². The molecule has 2 N–H and O–H groups in total. The van der Waals surface area contributed by atoms with Gasteiger partial charge in [0.25, 0.3) is 5.91 Å². The molecule has 0 aliphatic carbocycles. The van der Waals surface area contributed by atoms with E-state index < -0.39 is 12.0 Å². The van der Waals surface area contributed by atoms with E-state index >= 15 is 0 Å². The molecule has 0 aliphatic rings. The summed E-state index contributed by atoms with van der Waals surface area (Å²) in [7, 11) is 3.21.